The minimum atomic E-state index is 0.0478. The first-order valence-electron chi connectivity index (χ1n) is 11.0. The Kier molecular flexibility index (Phi) is 7.99. The Morgan fingerprint density at radius 1 is 0.767 bits per heavy atom. The van der Waals surface area contributed by atoms with E-state index in [2.05, 4.69) is 36.6 Å². The number of benzene rings is 2. The van der Waals surface area contributed by atoms with Crippen molar-refractivity contribution in [3.05, 3.63) is 59.7 Å². The fourth-order valence-corrected chi connectivity index (χ4v) is 3.94. The van der Waals surface area contributed by atoms with Crippen LogP contribution in [0.1, 0.15) is 25.0 Å². The lowest BCUT2D eigenvalue weighted by molar-refractivity contribution is -1.00. The number of quaternary nitrogens is 2. The van der Waals surface area contributed by atoms with Gasteiger partial charge < -0.3 is 20.4 Å². The molecule has 160 valence electrons. The summed E-state index contributed by atoms with van der Waals surface area (Å²) in [5.74, 6) is 0.106. The molecule has 0 unspecified atom stereocenters. The average Bonchev–Trinajstić information content (AvgIpc) is 2.76. The summed E-state index contributed by atoms with van der Waals surface area (Å²) in [6.45, 7) is 8.75. The first-order valence-corrected chi connectivity index (χ1v) is 11.0. The maximum atomic E-state index is 12.5. The van der Waals surface area contributed by atoms with Crippen LogP contribution in [0.4, 0.5) is 11.4 Å². The van der Waals surface area contributed by atoms with Gasteiger partial charge in [-0.3, -0.25) is 9.59 Å². The summed E-state index contributed by atoms with van der Waals surface area (Å²) < 4.78 is 0. The molecule has 1 aliphatic rings. The molecule has 2 amide bonds. The summed E-state index contributed by atoms with van der Waals surface area (Å²) >= 11 is 0. The van der Waals surface area contributed by atoms with Crippen molar-refractivity contribution >= 4 is 23.2 Å². The largest absolute Gasteiger partial charge is 0.321 e. The highest BCUT2D eigenvalue weighted by atomic mass is 16.2. The molecule has 1 aliphatic heterocycles. The molecule has 0 atom stereocenters. The number of nitrogens with one attached hydrogen (secondary N) is 4. The number of amides is 2. The summed E-state index contributed by atoms with van der Waals surface area (Å²) in [7, 11) is 0. The van der Waals surface area contributed by atoms with Gasteiger partial charge in [-0.25, -0.2) is 0 Å². The van der Waals surface area contributed by atoms with Gasteiger partial charge in [0.1, 0.15) is 26.2 Å². The first kappa shape index (κ1) is 22.0. The van der Waals surface area contributed by atoms with E-state index in [0.717, 1.165) is 56.0 Å². The minimum absolute atomic E-state index is 0.0478. The number of carbonyl (C=O) groups is 2. The number of hydrogen-bond donors (Lipinski definition) is 4. The molecule has 1 saturated heterocycles. The second-order valence-electron chi connectivity index (χ2n) is 8.01. The van der Waals surface area contributed by atoms with E-state index in [1.165, 1.54) is 15.4 Å². The fraction of sp³-hybridized carbons (Fsp3) is 0.417. The zero-order chi connectivity index (χ0) is 21.3. The van der Waals surface area contributed by atoms with Crippen molar-refractivity contribution < 1.29 is 19.4 Å². The van der Waals surface area contributed by atoms with Gasteiger partial charge >= 0.3 is 0 Å². The zero-order valence-electron chi connectivity index (χ0n) is 18.1. The molecule has 30 heavy (non-hydrogen) atoms. The van der Waals surface area contributed by atoms with Crippen LogP contribution >= 0.6 is 0 Å². The molecule has 1 heterocycles. The molecule has 0 spiro atoms. The molecule has 1 fully saturated rings. The van der Waals surface area contributed by atoms with E-state index >= 15 is 0 Å². The van der Waals surface area contributed by atoms with Gasteiger partial charge in [-0.2, -0.15) is 0 Å². The molecule has 2 aromatic carbocycles. The van der Waals surface area contributed by atoms with Crippen molar-refractivity contribution in [3.63, 3.8) is 0 Å². The molecule has 3 rings (SSSR count). The molecule has 0 radical (unpaired) electrons. The van der Waals surface area contributed by atoms with Crippen LogP contribution in [0.5, 0.6) is 0 Å². The van der Waals surface area contributed by atoms with Crippen LogP contribution in [0.3, 0.4) is 0 Å². The highest BCUT2D eigenvalue weighted by Gasteiger charge is 2.26. The Balaban J connectivity index is 1.39. The van der Waals surface area contributed by atoms with E-state index in [-0.39, 0.29) is 11.8 Å². The lowest BCUT2D eigenvalue weighted by Gasteiger charge is -2.29. The van der Waals surface area contributed by atoms with Gasteiger partial charge in [-0.15, -0.1) is 0 Å². The maximum absolute atomic E-state index is 12.5. The first-order chi connectivity index (χ1) is 14.6. The van der Waals surface area contributed by atoms with Crippen LogP contribution in [-0.2, 0) is 22.4 Å². The number of rotatable bonds is 8. The molecule has 0 saturated carbocycles. The van der Waals surface area contributed by atoms with Gasteiger partial charge in [0.2, 0.25) is 0 Å². The van der Waals surface area contributed by atoms with Crippen molar-refractivity contribution in [2.75, 3.05) is 49.9 Å². The smallest absolute Gasteiger partial charge is 0.279 e. The summed E-state index contributed by atoms with van der Waals surface area (Å²) in [4.78, 5) is 27.4. The molecular formula is C24H34N4O2+2. The van der Waals surface area contributed by atoms with E-state index in [0.29, 0.717) is 13.1 Å². The number of para-hydroxylation sites is 1. The van der Waals surface area contributed by atoms with Gasteiger partial charge in [0, 0.05) is 11.4 Å². The maximum Gasteiger partial charge on any atom is 0.279 e. The third kappa shape index (κ3) is 6.40. The zero-order valence-corrected chi connectivity index (χ0v) is 18.1. The van der Waals surface area contributed by atoms with E-state index in [4.69, 9.17) is 0 Å². The van der Waals surface area contributed by atoms with Crippen molar-refractivity contribution in [2.24, 2.45) is 0 Å². The molecular weight excluding hydrogens is 376 g/mol. The van der Waals surface area contributed by atoms with Crippen LogP contribution in [0.15, 0.2) is 48.5 Å². The second-order valence-corrected chi connectivity index (χ2v) is 8.01. The Labute approximate surface area is 179 Å². The lowest BCUT2D eigenvalue weighted by atomic mass is 10.1. The third-order valence-corrected chi connectivity index (χ3v) is 5.80. The average molecular weight is 411 g/mol. The van der Waals surface area contributed by atoms with Crippen LogP contribution in [0.25, 0.3) is 0 Å². The van der Waals surface area contributed by atoms with E-state index < -0.39 is 0 Å². The van der Waals surface area contributed by atoms with Crippen LogP contribution in [0.2, 0.25) is 0 Å². The molecule has 6 heteroatoms. The quantitative estimate of drug-likeness (QED) is 0.501. The van der Waals surface area contributed by atoms with Crippen LogP contribution < -0.4 is 20.4 Å². The van der Waals surface area contributed by atoms with Gasteiger partial charge in [-0.1, -0.05) is 44.2 Å². The number of carbonyl (C=O) groups excluding carboxylic acids is 2. The monoisotopic (exact) mass is 410 g/mol. The number of hydrogen-bond acceptors (Lipinski definition) is 2. The number of anilines is 2. The highest BCUT2D eigenvalue weighted by Crippen LogP contribution is 2.14. The second kappa shape index (κ2) is 10.9. The van der Waals surface area contributed by atoms with E-state index in [1.54, 1.807) is 0 Å². The van der Waals surface area contributed by atoms with Crippen molar-refractivity contribution in [3.8, 4) is 0 Å². The molecule has 0 aromatic heterocycles. The predicted molar refractivity (Wildman–Crippen MR) is 120 cm³/mol. The molecule has 4 N–H and O–H groups in total. The Morgan fingerprint density at radius 3 is 1.90 bits per heavy atom. The predicted octanol–water partition coefficient (Wildman–Crippen LogP) is 0.172. The molecule has 0 bridgehead atoms. The summed E-state index contributed by atoms with van der Waals surface area (Å²) in [5.41, 5.74) is 4.19. The van der Waals surface area contributed by atoms with Crippen molar-refractivity contribution in [1.82, 2.24) is 0 Å². The van der Waals surface area contributed by atoms with Gasteiger partial charge in [0.15, 0.2) is 13.1 Å². The van der Waals surface area contributed by atoms with Crippen LogP contribution in [0, 0.1) is 0 Å². The minimum Gasteiger partial charge on any atom is -0.321 e. The summed E-state index contributed by atoms with van der Waals surface area (Å²) in [6.07, 6.45) is 1.89. The SMILES string of the molecule is CCc1ccc(NC(=O)C[NH+]2CC[NH+](CC(=O)Nc3ccccc3CC)CC2)cc1. The third-order valence-electron chi connectivity index (χ3n) is 5.80. The Hall–Kier alpha value is -2.70. The standard InChI is InChI=1S/C24H32N4O2/c1-3-19-9-11-21(12-10-19)25-23(29)17-27-13-15-28(16-14-27)18-24(30)26-22-8-6-5-7-20(22)4-2/h5-12H,3-4,13-18H2,1-2H3,(H,25,29)(H,26,30)/p+2. The van der Waals surface area contributed by atoms with Crippen molar-refractivity contribution in [1.29, 1.82) is 0 Å². The van der Waals surface area contributed by atoms with Gasteiger partial charge in [-0.05, 0) is 42.2 Å². The lowest BCUT2D eigenvalue weighted by Crippen LogP contribution is -3.28. The number of aryl methyl sites for hydroxylation is 2. The summed E-state index contributed by atoms with van der Waals surface area (Å²) in [5, 5.41) is 6.05. The Bertz CT molecular complexity index is 843. The number of piperazine rings is 1. The fourth-order valence-electron chi connectivity index (χ4n) is 3.94. The Morgan fingerprint density at radius 2 is 1.33 bits per heavy atom. The normalized spacial score (nSPS) is 18.6. The topological polar surface area (TPSA) is 67.1 Å². The van der Waals surface area contributed by atoms with E-state index in [1.807, 2.05) is 36.4 Å². The van der Waals surface area contributed by atoms with Gasteiger partial charge in [0.25, 0.3) is 11.8 Å². The molecule has 0 aliphatic carbocycles. The highest BCUT2D eigenvalue weighted by molar-refractivity contribution is 5.92. The van der Waals surface area contributed by atoms with Crippen molar-refractivity contribution in [2.45, 2.75) is 26.7 Å². The molecule has 2 aromatic rings. The summed E-state index contributed by atoms with van der Waals surface area (Å²) in [6, 6.07) is 16.0. The van der Waals surface area contributed by atoms with E-state index in [9.17, 15) is 9.59 Å². The van der Waals surface area contributed by atoms with Crippen LogP contribution in [-0.4, -0.2) is 51.1 Å². The van der Waals surface area contributed by atoms with Gasteiger partial charge in [0.05, 0.1) is 0 Å². The molecule has 6 nitrogen and oxygen atoms in total.